The zero-order valence-corrected chi connectivity index (χ0v) is 26.7. The van der Waals surface area contributed by atoms with Gasteiger partial charge in [-0.2, -0.15) is 5.10 Å². The normalized spacial score (nSPS) is 15.6. The van der Waals surface area contributed by atoms with Crippen LogP contribution >= 0.6 is 22.6 Å². The third-order valence-electron chi connectivity index (χ3n) is 7.85. The minimum Gasteiger partial charge on any atom is -0.493 e. The zero-order chi connectivity index (χ0) is 29.5. The summed E-state index contributed by atoms with van der Waals surface area (Å²) in [5.41, 5.74) is 4.14. The molecule has 5 rings (SSSR count). The summed E-state index contributed by atoms with van der Waals surface area (Å²) in [4.78, 5) is 0. The highest BCUT2D eigenvalue weighted by atomic mass is 127. The van der Waals surface area contributed by atoms with E-state index in [1.165, 1.54) is 0 Å². The van der Waals surface area contributed by atoms with Crippen molar-refractivity contribution in [2.75, 3.05) is 28.4 Å². The average Bonchev–Trinajstić information content (AvgIpc) is 3.49. The molecule has 1 aromatic heterocycles. The number of aromatic nitrogens is 2. The van der Waals surface area contributed by atoms with Crippen molar-refractivity contribution in [3.63, 3.8) is 0 Å². The van der Waals surface area contributed by atoms with Crippen molar-refractivity contribution in [3.05, 3.63) is 64.4 Å². The summed E-state index contributed by atoms with van der Waals surface area (Å²) >= 11 is 2.32. The third-order valence-corrected chi connectivity index (χ3v) is 8.74. The van der Waals surface area contributed by atoms with Gasteiger partial charge < -0.3 is 28.3 Å². The van der Waals surface area contributed by atoms with E-state index in [2.05, 4.69) is 22.6 Å². The Morgan fingerprint density at radius 3 is 1.78 bits per heavy atom. The fourth-order valence-corrected chi connectivity index (χ4v) is 5.62. The average molecular weight is 668 g/mol. The van der Waals surface area contributed by atoms with Crippen LogP contribution in [0.1, 0.15) is 27.7 Å². The van der Waals surface area contributed by atoms with Crippen molar-refractivity contribution < 1.29 is 28.3 Å². The molecule has 0 atom stereocenters. The Morgan fingerprint density at radius 2 is 1.22 bits per heavy atom. The van der Waals surface area contributed by atoms with Gasteiger partial charge in [0, 0.05) is 20.3 Å². The fraction of sp³-hybridized carbons (Fsp3) is 0.323. The number of nitrogens with zero attached hydrogens (tertiary/aromatic N) is 2. The van der Waals surface area contributed by atoms with Crippen LogP contribution in [0.4, 0.5) is 0 Å². The van der Waals surface area contributed by atoms with E-state index in [9.17, 15) is 0 Å². The molecule has 0 radical (unpaired) electrons. The molecule has 41 heavy (non-hydrogen) atoms. The van der Waals surface area contributed by atoms with Crippen LogP contribution in [-0.2, 0) is 9.31 Å². The van der Waals surface area contributed by atoms with Gasteiger partial charge in [0.15, 0.2) is 23.0 Å². The number of halogens is 1. The fourth-order valence-electron chi connectivity index (χ4n) is 4.90. The summed E-state index contributed by atoms with van der Waals surface area (Å²) in [6.45, 7) is 8.16. The molecule has 8 nitrogen and oxygen atoms in total. The van der Waals surface area contributed by atoms with Crippen LogP contribution in [0.2, 0.25) is 0 Å². The van der Waals surface area contributed by atoms with E-state index in [1.54, 1.807) is 28.4 Å². The first kappa shape index (κ1) is 29.3. The number of benzene rings is 3. The Balaban J connectivity index is 1.84. The van der Waals surface area contributed by atoms with Gasteiger partial charge in [0.05, 0.1) is 57.2 Å². The lowest BCUT2D eigenvalue weighted by atomic mass is 9.74. The van der Waals surface area contributed by atoms with Crippen molar-refractivity contribution in [1.82, 2.24) is 9.78 Å². The molecule has 1 aliphatic rings. The van der Waals surface area contributed by atoms with Gasteiger partial charge in [-0.05, 0) is 92.1 Å². The Labute approximate surface area is 255 Å². The highest BCUT2D eigenvalue weighted by Gasteiger charge is 2.52. The van der Waals surface area contributed by atoms with E-state index >= 15 is 0 Å². The van der Waals surface area contributed by atoms with Gasteiger partial charge in [0.2, 0.25) is 0 Å². The highest BCUT2D eigenvalue weighted by Crippen LogP contribution is 2.44. The second kappa shape index (κ2) is 11.2. The van der Waals surface area contributed by atoms with Gasteiger partial charge in [0.1, 0.15) is 0 Å². The summed E-state index contributed by atoms with van der Waals surface area (Å²) in [7, 11) is 5.85. The molecule has 0 spiro atoms. The molecule has 1 saturated heterocycles. The smallest absolute Gasteiger partial charge is 0.493 e. The SMILES string of the molecule is COc1cc(I)c(-c2cnn(-c3ccccc3)c2-c2cc(OC)c(OC)cc2B2OC(C)(C)C(C)(C)O2)cc1OC. The standard InChI is InChI=1S/C31H34BIN2O6/c1-30(2)31(3,4)41-32(40-30)23-16-27(38-7)26(37-6)15-21(23)29-22(18-34-35(29)19-12-10-9-11-13-19)20-14-25(36-5)28(39-8)17-24(20)33/h9-18H,1-8H3. The van der Waals surface area contributed by atoms with Gasteiger partial charge in [-0.1, -0.05) is 18.2 Å². The molecule has 0 amide bonds. The largest absolute Gasteiger partial charge is 0.495 e. The van der Waals surface area contributed by atoms with E-state index in [-0.39, 0.29) is 0 Å². The van der Waals surface area contributed by atoms with Crippen LogP contribution in [0.15, 0.2) is 60.8 Å². The molecule has 0 N–H and O–H groups in total. The molecule has 10 heteroatoms. The number of hydrogen-bond acceptors (Lipinski definition) is 7. The molecule has 0 bridgehead atoms. The number of para-hydroxylation sites is 1. The van der Waals surface area contributed by atoms with Crippen LogP contribution in [0.25, 0.3) is 28.1 Å². The number of hydrogen-bond donors (Lipinski definition) is 0. The molecule has 214 valence electrons. The molecular formula is C31H34BIN2O6. The van der Waals surface area contributed by atoms with Crippen LogP contribution in [0, 0.1) is 3.57 Å². The van der Waals surface area contributed by atoms with Gasteiger partial charge in [0.25, 0.3) is 0 Å². The van der Waals surface area contributed by atoms with Crippen molar-refractivity contribution in [3.8, 4) is 51.1 Å². The lowest BCUT2D eigenvalue weighted by Crippen LogP contribution is -2.41. The predicted molar refractivity (Wildman–Crippen MR) is 169 cm³/mol. The first-order chi connectivity index (χ1) is 19.5. The minimum atomic E-state index is -0.661. The quantitative estimate of drug-likeness (QED) is 0.165. The summed E-state index contributed by atoms with van der Waals surface area (Å²) in [5, 5.41) is 4.89. The lowest BCUT2D eigenvalue weighted by molar-refractivity contribution is 0.00578. The Hall–Kier alpha value is -3.22. The summed E-state index contributed by atoms with van der Waals surface area (Å²) in [6.07, 6.45) is 1.87. The van der Waals surface area contributed by atoms with Crippen LogP contribution in [0.5, 0.6) is 23.0 Å². The topological polar surface area (TPSA) is 73.2 Å². The first-order valence-corrected chi connectivity index (χ1v) is 14.3. The van der Waals surface area contributed by atoms with Gasteiger partial charge in [-0.3, -0.25) is 0 Å². The Kier molecular flexibility index (Phi) is 8.02. The number of rotatable bonds is 8. The summed E-state index contributed by atoms with van der Waals surface area (Å²) in [5.74, 6) is 2.44. The van der Waals surface area contributed by atoms with Crippen molar-refractivity contribution in [2.45, 2.75) is 38.9 Å². The van der Waals surface area contributed by atoms with Crippen molar-refractivity contribution >= 4 is 35.2 Å². The minimum absolute atomic E-state index is 0.538. The third kappa shape index (κ3) is 5.17. The van der Waals surface area contributed by atoms with Crippen LogP contribution < -0.4 is 24.4 Å². The van der Waals surface area contributed by atoms with Crippen molar-refractivity contribution in [2.24, 2.45) is 0 Å². The van der Waals surface area contributed by atoms with E-state index in [0.29, 0.717) is 23.0 Å². The molecule has 1 aliphatic heterocycles. The number of ether oxygens (including phenoxy) is 4. The highest BCUT2D eigenvalue weighted by molar-refractivity contribution is 14.1. The number of methoxy groups -OCH3 is 4. The maximum Gasteiger partial charge on any atom is 0.495 e. The van der Waals surface area contributed by atoms with Gasteiger partial charge >= 0.3 is 7.12 Å². The second-order valence-corrected chi connectivity index (χ2v) is 11.9. The molecule has 1 fully saturated rings. The molecule has 0 saturated carbocycles. The summed E-state index contributed by atoms with van der Waals surface area (Å²) < 4.78 is 38.8. The predicted octanol–water partition coefficient (Wildman–Crippen LogP) is 6.14. The molecule has 4 aromatic rings. The maximum absolute atomic E-state index is 6.56. The van der Waals surface area contributed by atoms with Crippen molar-refractivity contribution in [1.29, 1.82) is 0 Å². The zero-order valence-electron chi connectivity index (χ0n) is 24.6. The Morgan fingerprint density at radius 1 is 0.707 bits per heavy atom. The summed E-state index contributed by atoms with van der Waals surface area (Å²) in [6, 6.07) is 17.8. The van der Waals surface area contributed by atoms with Crippen LogP contribution in [0.3, 0.4) is 0 Å². The van der Waals surface area contributed by atoms with E-state index in [0.717, 1.165) is 37.1 Å². The Bertz CT molecular complexity index is 1550. The monoisotopic (exact) mass is 668 g/mol. The van der Waals surface area contributed by atoms with E-state index in [4.69, 9.17) is 33.4 Å². The van der Waals surface area contributed by atoms with Gasteiger partial charge in [-0.15, -0.1) is 0 Å². The van der Waals surface area contributed by atoms with E-state index in [1.807, 2.05) is 93.2 Å². The van der Waals surface area contributed by atoms with Gasteiger partial charge in [-0.25, -0.2) is 4.68 Å². The van der Waals surface area contributed by atoms with E-state index < -0.39 is 18.3 Å². The molecule has 0 unspecified atom stereocenters. The molecule has 0 aliphatic carbocycles. The first-order valence-electron chi connectivity index (χ1n) is 13.2. The molecular weight excluding hydrogens is 634 g/mol. The van der Waals surface area contributed by atoms with Crippen LogP contribution in [-0.4, -0.2) is 56.5 Å². The molecule has 2 heterocycles. The molecule has 3 aromatic carbocycles. The lowest BCUT2D eigenvalue weighted by Gasteiger charge is -2.32. The maximum atomic E-state index is 6.56. The second-order valence-electron chi connectivity index (χ2n) is 10.7.